The molecule has 1 aliphatic carbocycles. The molecule has 1 heterocycles. The van der Waals surface area contributed by atoms with Crippen molar-refractivity contribution >= 4 is 0 Å². The van der Waals surface area contributed by atoms with Gasteiger partial charge >= 0.3 is 0 Å². The summed E-state index contributed by atoms with van der Waals surface area (Å²) in [6.45, 7) is 4.46. The van der Waals surface area contributed by atoms with Gasteiger partial charge in [0, 0.05) is 24.4 Å². The van der Waals surface area contributed by atoms with Crippen molar-refractivity contribution in [3.05, 3.63) is 0 Å². The van der Waals surface area contributed by atoms with Crippen LogP contribution in [0.1, 0.15) is 39.5 Å². The first-order valence-electron chi connectivity index (χ1n) is 6.41. The first kappa shape index (κ1) is 12.0. The molecular formula is C14H23NO. The number of fused-ring (bicyclic) bond motifs is 1. The monoisotopic (exact) mass is 221 g/mol. The summed E-state index contributed by atoms with van der Waals surface area (Å²) in [7, 11) is 2.18. The minimum absolute atomic E-state index is 0.266. The van der Waals surface area contributed by atoms with Crippen LogP contribution >= 0.6 is 0 Å². The van der Waals surface area contributed by atoms with Gasteiger partial charge in [-0.05, 0) is 32.7 Å². The van der Waals surface area contributed by atoms with Gasteiger partial charge < -0.3 is 5.11 Å². The molecule has 0 aromatic rings. The van der Waals surface area contributed by atoms with E-state index >= 15 is 0 Å². The highest BCUT2D eigenvalue weighted by molar-refractivity contribution is 5.17. The number of hydrogen-bond acceptors (Lipinski definition) is 2. The largest absolute Gasteiger partial charge is 0.377 e. The third-order valence-electron chi connectivity index (χ3n) is 4.81. The lowest BCUT2D eigenvalue weighted by Gasteiger charge is -2.54. The Labute approximate surface area is 99.0 Å². The van der Waals surface area contributed by atoms with Crippen LogP contribution in [0.5, 0.6) is 0 Å². The van der Waals surface area contributed by atoms with Gasteiger partial charge in [0.15, 0.2) is 0 Å². The number of nitrogens with zero attached hydrogens (tertiary/aromatic N) is 1. The number of likely N-dealkylation sites (tertiary alicyclic amines) is 1. The maximum atomic E-state index is 10.6. The minimum Gasteiger partial charge on any atom is -0.377 e. The molecule has 2 rings (SSSR count). The highest BCUT2D eigenvalue weighted by Gasteiger charge is 2.50. The second-order valence-electron chi connectivity index (χ2n) is 5.79. The zero-order chi connectivity index (χ0) is 11.9. The molecule has 5 atom stereocenters. The maximum Gasteiger partial charge on any atom is 0.131 e. The topological polar surface area (TPSA) is 23.5 Å². The van der Waals surface area contributed by atoms with Gasteiger partial charge in [-0.1, -0.05) is 19.3 Å². The molecule has 0 aromatic heterocycles. The van der Waals surface area contributed by atoms with Crippen LogP contribution in [-0.4, -0.2) is 34.7 Å². The van der Waals surface area contributed by atoms with Gasteiger partial charge in [0.1, 0.15) is 5.60 Å². The molecule has 90 valence electrons. The summed E-state index contributed by atoms with van der Waals surface area (Å²) in [6, 6.07) is 0.835. The van der Waals surface area contributed by atoms with E-state index in [0.29, 0.717) is 24.4 Å². The van der Waals surface area contributed by atoms with E-state index < -0.39 is 5.60 Å². The molecular weight excluding hydrogens is 198 g/mol. The van der Waals surface area contributed by atoms with Crippen molar-refractivity contribution in [1.29, 1.82) is 0 Å². The van der Waals surface area contributed by atoms with Crippen molar-refractivity contribution in [3.8, 4) is 12.3 Å². The number of rotatable bonds is 0. The average molecular weight is 221 g/mol. The van der Waals surface area contributed by atoms with Gasteiger partial charge in [-0.25, -0.2) is 0 Å². The summed E-state index contributed by atoms with van der Waals surface area (Å²) in [5.74, 6) is 3.59. The smallest absolute Gasteiger partial charge is 0.131 e. The quantitative estimate of drug-likeness (QED) is 0.631. The second-order valence-corrected chi connectivity index (χ2v) is 5.79. The van der Waals surface area contributed by atoms with Crippen molar-refractivity contribution in [2.45, 2.75) is 57.2 Å². The molecule has 16 heavy (non-hydrogen) atoms. The molecule has 2 heteroatoms. The standard InChI is InChI=1S/C14H23NO/c1-5-14(16)9-11(3)15(4)13-10(2)7-6-8-12(13)14/h1,10-13,16H,6-9H2,2-4H3/t10-,11?,12?,13?,14?/m1/s1. The summed E-state index contributed by atoms with van der Waals surface area (Å²) < 4.78 is 0. The molecule has 0 amide bonds. The Bertz CT molecular complexity index is 308. The van der Waals surface area contributed by atoms with Crippen LogP contribution < -0.4 is 0 Å². The van der Waals surface area contributed by atoms with Gasteiger partial charge in [-0.2, -0.15) is 0 Å². The van der Waals surface area contributed by atoms with Crippen LogP contribution in [0.2, 0.25) is 0 Å². The molecule has 0 spiro atoms. The number of aliphatic hydroxyl groups is 1. The highest BCUT2D eigenvalue weighted by atomic mass is 16.3. The van der Waals surface area contributed by atoms with E-state index in [1.165, 1.54) is 12.8 Å². The Morgan fingerprint density at radius 2 is 2.06 bits per heavy atom. The van der Waals surface area contributed by atoms with Gasteiger partial charge in [-0.15, -0.1) is 6.42 Å². The van der Waals surface area contributed by atoms with E-state index in [2.05, 4.69) is 31.7 Å². The van der Waals surface area contributed by atoms with Crippen LogP contribution in [0.3, 0.4) is 0 Å². The summed E-state index contributed by atoms with van der Waals surface area (Å²) in [4.78, 5) is 2.43. The lowest BCUT2D eigenvalue weighted by atomic mass is 9.64. The fourth-order valence-electron chi connectivity index (χ4n) is 3.81. The van der Waals surface area contributed by atoms with Crippen LogP contribution in [0.25, 0.3) is 0 Å². The van der Waals surface area contributed by atoms with E-state index in [1.807, 2.05) is 0 Å². The molecule has 1 N–H and O–H groups in total. The average Bonchev–Trinajstić information content (AvgIpc) is 2.26. The second kappa shape index (κ2) is 4.05. The van der Waals surface area contributed by atoms with E-state index in [9.17, 15) is 5.11 Å². The van der Waals surface area contributed by atoms with Gasteiger partial charge in [-0.3, -0.25) is 4.90 Å². The molecule has 2 nitrogen and oxygen atoms in total. The number of piperidine rings is 1. The Hall–Kier alpha value is -0.520. The fraction of sp³-hybridized carbons (Fsp3) is 0.857. The lowest BCUT2D eigenvalue weighted by Crippen LogP contribution is -2.62. The first-order valence-corrected chi connectivity index (χ1v) is 6.41. The van der Waals surface area contributed by atoms with Gasteiger partial charge in [0.25, 0.3) is 0 Å². The lowest BCUT2D eigenvalue weighted by molar-refractivity contribution is -0.107. The summed E-state index contributed by atoms with van der Waals surface area (Å²) in [5.41, 5.74) is -0.870. The van der Waals surface area contributed by atoms with E-state index in [1.54, 1.807) is 0 Å². The highest BCUT2D eigenvalue weighted by Crippen LogP contribution is 2.44. The molecule has 0 bridgehead atoms. The number of terminal acetylenes is 1. The minimum atomic E-state index is -0.870. The molecule has 0 radical (unpaired) electrons. The number of hydrogen-bond donors (Lipinski definition) is 1. The molecule has 1 aliphatic heterocycles. The van der Waals surface area contributed by atoms with E-state index in [-0.39, 0.29) is 5.92 Å². The Balaban J connectivity index is 2.32. The van der Waals surface area contributed by atoms with Crippen molar-refractivity contribution in [2.24, 2.45) is 11.8 Å². The van der Waals surface area contributed by atoms with Crippen LogP contribution in [0, 0.1) is 24.2 Å². The Kier molecular flexibility index (Phi) is 3.03. The zero-order valence-corrected chi connectivity index (χ0v) is 10.6. The normalized spacial score (nSPS) is 49.4. The Morgan fingerprint density at radius 1 is 1.38 bits per heavy atom. The van der Waals surface area contributed by atoms with Crippen molar-refractivity contribution < 1.29 is 5.11 Å². The van der Waals surface area contributed by atoms with Crippen LogP contribution in [-0.2, 0) is 0 Å². The molecule has 1 saturated carbocycles. The van der Waals surface area contributed by atoms with E-state index in [4.69, 9.17) is 6.42 Å². The molecule has 4 unspecified atom stereocenters. The third kappa shape index (κ3) is 1.67. The van der Waals surface area contributed by atoms with Gasteiger partial charge in [0.05, 0.1) is 0 Å². The Morgan fingerprint density at radius 3 is 2.69 bits per heavy atom. The van der Waals surface area contributed by atoms with Crippen LogP contribution in [0.15, 0.2) is 0 Å². The van der Waals surface area contributed by atoms with Gasteiger partial charge in [0.2, 0.25) is 0 Å². The summed E-state index contributed by atoms with van der Waals surface area (Å²) in [6.07, 6.45) is 9.84. The third-order valence-corrected chi connectivity index (χ3v) is 4.81. The summed E-state index contributed by atoms with van der Waals surface area (Å²) in [5, 5.41) is 10.6. The van der Waals surface area contributed by atoms with Crippen LogP contribution in [0.4, 0.5) is 0 Å². The fourth-order valence-corrected chi connectivity index (χ4v) is 3.81. The van der Waals surface area contributed by atoms with E-state index in [0.717, 1.165) is 6.42 Å². The first-order chi connectivity index (χ1) is 7.49. The predicted octanol–water partition coefficient (Wildman–Crippen LogP) is 1.88. The van der Waals surface area contributed by atoms with Crippen molar-refractivity contribution in [3.63, 3.8) is 0 Å². The SMILES string of the molecule is C#CC1(O)CC(C)N(C)C2C1CCC[C@H]2C. The zero-order valence-electron chi connectivity index (χ0n) is 10.6. The predicted molar refractivity (Wildman–Crippen MR) is 65.9 cm³/mol. The molecule has 2 fully saturated rings. The summed E-state index contributed by atoms with van der Waals surface area (Å²) >= 11 is 0. The van der Waals surface area contributed by atoms with Crippen molar-refractivity contribution in [1.82, 2.24) is 4.90 Å². The molecule has 2 aliphatic rings. The molecule has 0 aromatic carbocycles. The molecule has 1 saturated heterocycles. The maximum absolute atomic E-state index is 10.6. The van der Waals surface area contributed by atoms with Crippen molar-refractivity contribution in [2.75, 3.05) is 7.05 Å².